The molecule has 1 heterocycles. The van der Waals surface area contributed by atoms with E-state index in [-0.39, 0.29) is 31.6 Å². The minimum Gasteiger partial charge on any atom is -0.508 e. The van der Waals surface area contributed by atoms with Crippen LogP contribution in [0.3, 0.4) is 0 Å². The molecule has 0 aliphatic carbocycles. The van der Waals surface area contributed by atoms with Crippen LogP contribution >= 0.6 is 0 Å². The van der Waals surface area contributed by atoms with Gasteiger partial charge < -0.3 is 89.8 Å². The predicted octanol–water partition coefficient (Wildman–Crippen LogP) is -4.98. The summed E-state index contributed by atoms with van der Waals surface area (Å²) in [6, 6.07) is -0.461. The maximum Gasteiger partial charge on any atom is 0.326 e. The molecule has 1 fully saturated rings. The Morgan fingerprint density at radius 1 is 0.607 bits per heavy atom. The van der Waals surface area contributed by atoms with Gasteiger partial charge in [0.15, 0.2) is 0 Å². The topological polar surface area (TPSA) is 487 Å². The molecule has 18 N–H and O–H groups in total. The number of nitrogens with one attached hydrogen (secondary N) is 9. The number of primary amides is 1. The smallest absolute Gasteiger partial charge is 0.326 e. The Hall–Kier alpha value is -8.77. The van der Waals surface area contributed by atoms with Gasteiger partial charge in [-0.1, -0.05) is 70.2 Å². The van der Waals surface area contributed by atoms with Crippen molar-refractivity contribution in [3.8, 4) is 5.75 Å². The van der Waals surface area contributed by atoms with Gasteiger partial charge in [-0.25, -0.2) is 4.79 Å². The number of carbonyl (C=O) groups is 13. The van der Waals surface area contributed by atoms with Crippen LogP contribution in [-0.4, -0.2) is 194 Å². The van der Waals surface area contributed by atoms with Crippen molar-refractivity contribution in [3.63, 3.8) is 0 Å². The van der Waals surface area contributed by atoms with Crippen molar-refractivity contribution in [1.82, 2.24) is 52.8 Å². The van der Waals surface area contributed by atoms with Crippen molar-refractivity contribution in [2.24, 2.45) is 23.3 Å². The van der Waals surface area contributed by atoms with Crippen molar-refractivity contribution in [2.75, 3.05) is 19.7 Å². The highest BCUT2D eigenvalue weighted by Crippen LogP contribution is 2.22. The number of aromatic hydroxyl groups is 1. The lowest BCUT2D eigenvalue weighted by atomic mass is 10.00. The second kappa shape index (κ2) is 33.4. The number of phenolic OH excluding ortho intramolecular Hbond substituents is 1. The minimum atomic E-state index is -1.83. The lowest BCUT2D eigenvalue weighted by Gasteiger charge is -2.32. The molecule has 1 saturated heterocycles. The average Bonchev–Trinajstić information content (AvgIpc) is 3.66. The van der Waals surface area contributed by atoms with E-state index in [0.29, 0.717) is 17.5 Å². The van der Waals surface area contributed by atoms with E-state index in [0.717, 1.165) is 6.92 Å². The molecule has 462 valence electrons. The zero-order valence-electron chi connectivity index (χ0n) is 47.4. The molecule has 0 spiro atoms. The molecule has 0 radical (unpaired) electrons. The van der Waals surface area contributed by atoms with Gasteiger partial charge in [-0.3, -0.25) is 57.5 Å². The Labute approximate surface area is 483 Å². The Kier molecular flexibility index (Phi) is 27.6. The fraction of sp³-hybridized carbons (Fsp3) is 0.537. The number of aliphatic carboxylic acids is 2. The highest BCUT2D eigenvalue weighted by molar-refractivity contribution is 5.99. The molecule has 3 rings (SSSR count). The Morgan fingerprint density at radius 2 is 1.17 bits per heavy atom. The van der Waals surface area contributed by atoms with Crippen molar-refractivity contribution in [2.45, 2.75) is 153 Å². The van der Waals surface area contributed by atoms with E-state index < -0.39 is 188 Å². The summed E-state index contributed by atoms with van der Waals surface area (Å²) in [5.41, 5.74) is 12.8. The van der Waals surface area contributed by atoms with Gasteiger partial charge >= 0.3 is 11.9 Å². The fourth-order valence-electron chi connectivity index (χ4n) is 8.60. The summed E-state index contributed by atoms with van der Waals surface area (Å²) in [6.45, 7) is 6.73. The molecule has 30 nitrogen and oxygen atoms in total. The summed E-state index contributed by atoms with van der Waals surface area (Å²) in [6.07, 6.45) is -3.30. The van der Waals surface area contributed by atoms with Crippen LogP contribution in [0.2, 0.25) is 0 Å². The number of amides is 11. The highest BCUT2D eigenvalue weighted by atomic mass is 16.4. The Bertz CT molecular complexity index is 2680. The zero-order valence-corrected chi connectivity index (χ0v) is 47.4. The number of nitrogens with zero attached hydrogens (tertiary/aromatic N) is 1. The molecule has 0 unspecified atom stereocenters. The lowest BCUT2D eigenvalue weighted by molar-refractivity contribution is -0.143. The molecule has 1 aliphatic heterocycles. The highest BCUT2D eigenvalue weighted by Gasteiger charge is 2.42. The largest absolute Gasteiger partial charge is 0.508 e. The van der Waals surface area contributed by atoms with Crippen LogP contribution in [0.15, 0.2) is 54.6 Å². The summed E-state index contributed by atoms with van der Waals surface area (Å²) < 4.78 is 0. The summed E-state index contributed by atoms with van der Waals surface area (Å²) >= 11 is 0. The van der Waals surface area contributed by atoms with E-state index in [1.807, 2.05) is 0 Å². The van der Waals surface area contributed by atoms with Crippen LogP contribution in [0.25, 0.3) is 0 Å². The standard InChI is InChI=1S/C54H78N12O18/c1-26(2)42(51(80)57-24-40(71)59-37(25-67)49(78)60-34(18-19-41(72)73)47(76)58-28(5)45(74)62-36(54(83)84)22-30-11-8-7-9-12-30)63-48(77)35(23-39(56)70)61-52(81)44(29(6)68)65-50(79)38-13-10-20-66(38)53(82)43(27(3)4)64-46(75)33(55)21-31-14-16-32(69)17-15-31/h7-9,11-12,14-17,26-29,33-38,42-44,67-69H,10,13,18-25,55H2,1-6H3,(H2,56,70)(H,57,80)(H,58,76)(H,59,71)(H,60,78)(H,61,81)(H,62,74)(H,63,77)(H,64,75)(H,65,79)(H,72,73)(H,83,84)/t28-,29+,33-,34-,35-,36-,37-,38-,42+,43-,44-/m0/s1. The van der Waals surface area contributed by atoms with Crippen molar-refractivity contribution < 1.29 is 87.9 Å². The van der Waals surface area contributed by atoms with Crippen LogP contribution in [0, 0.1) is 11.8 Å². The molecule has 11 atom stereocenters. The third-order valence-electron chi connectivity index (χ3n) is 13.3. The number of aliphatic hydroxyl groups excluding tert-OH is 2. The first-order chi connectivity index (χ1) is 39.4. The molecule has 0 bridgehead atoms. The van der Waals surface area contributed by atoms with Crippen molar-refractivity contribution in [1.29, 1.82) is 0 Å². The first kappa shape index (κ1) is 69.5. The molecule has 0 saturated carbocycles. The van der Waals surface area contributed by atoms with Gasteiger partial charge in [0.05, 0.1) is 31.7 Å². The van der Waals surface area contributed by atoms with Gasteiger partial charge in [-0.15, -0.1) is 0 Å². The second-order valence-corrected chi connectivity index (χ2v) is 20.9. The summed E-state index contributed by atoms with van der Waals surface area (Å²) in [5, 5.41) is 70.2. The molecule has 2 aromatic rings. The van der Waals surface area contributed by atoms with Gasteiger partial charge in [0.2, 0.25) is 65.0 Å². The van der Waals surface area contributed by atoms with Crippen molar-refractivity contribution in [3.05, 3.63) is 65.7 Å². The average molecular weight is 1180 g/mol. The van der Waals surface area contributed by atoms with E-state index in [1.54, 1.807) is 56.3 Å². The number of rotatable bonds is 33. The van der Waals surface area contributed by atoms with Crippen LogP contribution in [0.1, 0.15) is 84.8 Å². The number of likely N-dealkylation sites (tertiary alicyclic amines) is 1. The maximum absolute atomic E-state index is 14.0. The number of carboxylic acids is 2. The van der Waals surface area contributed by atoms with E-state index in [1.165, 1.54) is 37.8 Å². The molecule has 11 amide bonds. The first-order valence-electron chi connectivity index (χ1n) is 27.0. The third kappa shape index (κ3) is 22.2. The molecule has 0 aromatic heterocycles. The third-order valence-corrected chi connectivity index (χ3v) is 13.3. The molecule has 1 aliphatic rings. The summed E-state index contributed by atoms with van der Waals surface area (Å²) in [4.78, 5) is 171. The van der Waals surface area contributed by atoms with Gasteiger partial charge in [0.25, 0.3) is 0 Å². The number of hydrogen-bond donors (Lipinski definition) is 16. The van der Waals surface area contributed by atoms with Gasteiger partial charge in [0, 0.05) is 19.4 Å². The second-order valence-electron chi connectivity index (χ2n) is 20.9. The number of aliphatic hydroxyl groups is 2. The van der Waals surface area contributed by atoms with Crippen molar-refractivity contribution >= 4 is 76.9 Å². The quantitative estimate of drug-likeness (QED) is 0.0318. The number of nitrogens with two attached hydrogens (primary N) is 2. The first-order valence-corrected chi connectivity index (χ1v) is 27.0. The molecule has 30 heteroatoms. The molecular formula is C54H78N12O18. The maximum atomic E-state index is 14.0. The van der Waals surface area contributed by atoms with E-state index in [2.05, 4.69) is 47.9 Å². The van der Waals surface area contributed by atoms with Crippen LogP contribution in [-0.2, 0) is 75.2 Å². The van der Waals surface area contributed by atoms with E-state index in [9.17, 15) is 87.9 Å². The normalized spacial score (nSPS) is 16.5. The molecule has 84 heavy (non-hydrogen) atoms. The SMILES string of the molecule is CC(C)[C@H](NC(=O)[C@@H](N)Cc1ccc(O)cc1)C(=O)N1CCC[C@H]1C(=O)N[C@H](C(=O)N[C@@H](CC(N)=O)C(=O)N[C@@H](C(=O)NCC(=O)N[C@@H](CO)C(=O)N[C@@H](CCC(=O)O)C(=O)N[C@@H](C)C(=O)N[C@@H](Cc1ccccc1)C(=O)O)C(C)C)[C@@H](C)O. The van der Waals surface area contributed by atoms with Crippen LogP contribution in [0.5, 0.6) is 5.75 Å². The number of carboxylic acid groups (broad SMARTS) is 2. The van der Waals surface area contributed by atoms with Gasteiger partial charge in [-0.2, -0.15) is 0 Å². The fourth-order valence-corrected chi connectivity index (χ4v) is 8.60. The Morgan fingerprint density at radius 3 is 1.73 bits per heavy atom. The number of carbonyl (C=O) groups excluding carboxylic acids is 11. The number of benzene rings is 2. The van der Waals surface area contributed by atoms with E-state index in [4.69, 9.17) is 11.5 Å². The van der Waals surface area contributed by atoms with E-state index >= 15 is 0 Å². The predicted molar refractivity (Wildman–Crippen MR) is 296 cm³/mol. The number of hydrogen-bond acceptors (Lipinski definition) is 17. The van der Waals surface area contributed by atoms with Gasteiger partial charge in [0.1, 0.15) is 60.1 Å². The minimum absolute atomic E-state index is 0.0194. The Balaban J connectivity index is 1.64. The number of phenols is 1. The zero-order chi connectivity index (χ0) is 63.1. The monoisotopic (exact) mass is 1180 g/mol. The summed E-state index contributed by atoms with van der Waals surface area (Å²) in [7, 11) is 0. The van der Waals surface area contributed by atoms with Crippen LogP contribution in [0.4, 0.5) is 0 Å². The molecule has 2 aromatic carbocycles. The summed E-state index contributed by atoms with van der Waals surface area (Å²) in [5.74, 6) is -14.9. The van der Waals surface area contributed by atoms with Gasteiger partial charge in [-0.05, 0) is 74.6 Å². The van der Waals surface area contributed by atoms with Crippen LogP contribution < -0.4 is 59.3 Å². The molecular weight excluding hydrogens is 1100 g/mol. The lowest BCUT2D eigenvalue weighted by Crippen LogP contribution is -2.62.